The summed E-state index contributed by atoms with van der Waals surface area (Å²) in [6.45, 7) is 0.556. The Balaban J connectivity index is 2.62. The molecule has 0 spiro atoms. The first kappa shape index (κ1) is 8.41. The van der Waals surface area contributed by atoms with Gasteiger partial charge >= 0.3 is 0 Å². The van der Waals surface area contributed by atoms with E-state index in [0.29, 0.717) is 11.0 Å². The van der Waals surface area contributed by atoms with Crippen LogP contribution in [0.25, 0.3) is 0 Å². The van der Waals surface area contributed by atoms with Crippen molar-refractivity contribution in [1.29, 1.82) is 0 Å². The van der Waals surface area contributed by atoms with Gasteiger partial charge in [0.05, 0.1) is 14.1 Å². The molecule has 0 saturated carbocycles. The van der Waals surface area contributed by atoms with E-state index < -0.39 is 0 Å². The molecule has 2 rings (SSSR count). The Hall–Kier alpha value is -1.19. The van der Waals surface area contributed by atoms with Crippen LogP contribution >= 0.6 is 0 Å². The molecule has 0 aliphatic carbocycles. The molecule has 0 amide bonds. The minimum Gasteiger partial charge on any atom is -0.326 e. The molecule has 1 aliphatic heterocycles. The molecule has 0 radical (unpaired) electrons. The van der Waals surface area contributed by atoms with Crippen LogP contribution < -0.4 is 10.2 Å². The van der Waals surface area contributed by atoms with Crippen LogP contribution in [0.5, 0.6) is 0 Å². The summed E-state index contributed by atoms with van der Waals surface area (Å²) in [5.74, 6) is 0. The van der Waals surface area contributed by atoms with Crippen molar-refractivity contribution in [2.24, 2.45) is 10.7 Å². The molecule has 1 heterocycles. The second kappa shape index (κ2) is 2.65. The highest BCUT2D eigenvalue weighted by molar-refractivity contribution is 5.89. The SMILES string of the molecule is C[N+]1(C)C=Nc2c(CN)cccc21. The van der Waals surface area contributed by atoms with Gasteiger partial charge < -0.3 is 5.73 Å². The van der Waals surface area contributed by atoms with Gasteiger partial charge in [-0.2, -0.15) is 4.99 Å². The van der Waals surface area contributed by atoms with E-state index in [1.165, 1.54) is 5.69 Å². The third kappa shape index (κ3) is 1.17. The van der Waals surface area contributed by atoms with E-state index >= 15 is 0 Å². The molecule has 0 atom stereocenters. The van der Waals surface area contributed by atoms with Crippen molar-refractivity contribution in [2.75, 3.05) is 14.1 Å². The Labute approximate surface area is 78.1 Å². The first-order valence-electron chi connectivity index (χ1n) is 4.36. The fourth-order valence-corrected chi connectivity index (χ4v) is 1.62. The zero-order valence-electron chi connectivity index (χ0n) is 7.99. The van der Waals surface area contributed by atoms with E-state index in [0.717, 1.165) is 11.3 Å². The van der Waals surface area contributed by atoms with Crippen LogP contribution in [-0.4, -0.2) is 20.4 Å². The van der Waals surface area contributed by atoms with E-state index in [-0.39, 0.29) is 0 Å². The monoisotopic (exact) mass is 176 g/mol. The largest absolute Gasteiger partial charge is 0.326 e. The lowest BCUT2D eigenvalue weighted by Gasteiger charge is -2.19. The number of aliphatic imine (C=N–C) groups is 1. The Morgan fingerprint density at radius 2 is 2.15 bits per heavy atom. The molecule has 3 heteroatoms. The Morgan fingerprint density at radius 1 is 1.38 bits per heavy atom. The molecule has 0 fully saturated rings. The highest BCUT2D eigenvalue weighted by Gasteiger charge is 2.27. The van der Waals surface area contributed by atoms with Gasteiger partial charge in [-0.05, 0) is 5.56 Å². The summed E-state index contributed by atoms with van der Waals surface area (Å²) >= 11 is 0. The molecule has 68 valence electrons. The second-order valence-electron chi connectivity index (χ2n) is 3.77. The number of benzene rings is 1. The summed E-state index contributed by atoms with van der Waals surface area (Å²) < 4.78 is 0.711. The van der Waals surface area contributed by atoms with Crippen molar-refractivity contribution in [3.05, 3.63) is 23.8 Å². The lowest BCUT2D eigenvalue weighted by Crippen LogP contribution is -2.36. The van der Waals surface area contributed by atoms with Crippen molar-refractivity contribution < 1.29 is 0 Å². The molecule has 1 aromatic carbocycles. The predicted octanol–water partition coefficient (Wildman–Crippen LogP) is 1.39. The maximum Gasteiger partial charge on any atom is 0.195 e. The van der Waals surface area contributed by atoms with Gasteiger partial charge in [-0.25, -0.2) is 0 Å². The van der Waals surface area contributed by atoms with Crippen LogP contribution in [0.1, 0.15) is 5.56 Å². The first-order valence-corrected chi connectivity index (χ1v) is 4.36. The Bertz CT molecular complexity index is 366. The van der Waals surface area contributed by atoms with Crippen LogP contribution in [0.15, 0.2) is 23.2 Å². The number of rotatable bonds is 1. The van der Waals surface area contributed by atoms with Crippen molar-refractivity contribution in [3.63, 3.8) is 0 Å². The summed E-state index contributed by atoms with van der Waals surface area (Å²) in [6.07, 6.45) is 1.93. The Morgan fingerprint density at radius 3 is 2.85 bits per heavy atom. The molecule has 0 bridgehead atoms. The van der Waals surface area contributed by atoms with Crippen molar-refractivity contribution >= 4 is 17.7 Å². The molecule has 0 aromatic heterocycles. The van der Waals surface area contributed by atoms with Gasteiger partial charge in [0.2, 0.25) is 0 Å². The number of hydrogen-bond donors (Lipinski definition) is 1. The average Bonchev–Trinajstić information content (AvgIpc) is 2.43. The fraction of sp³-hybridized carbons (Fsp3) is 0.300. The maximum atomic E-state index is 5.63. The predicted molar refractivity (Wildman–Crippen MR) is 56.1 cm³/mol. The number of para-hydroxylation sites is 1. The highest BCUT2D eigenvalue weighted by Crippen LogP contribution is 2.37. The summed E-state index contributed by atoms with van der Waals surface area (Å²) in [5.41, 5.74) is 9.03. The van der Waals surface area contributed by atoms with Gasteiger partial charge in [0, 0.05) is 12.6 Å². The van der Waals surface area contributed by atoms with Gasteiger partial charge in [0.1, 0.15) is 5.69 Å². The van der Waals surface area contributed by atoms with Gasteiger partial charge in [0.25, 0.3) is 0 Å². The molecule has 1 aromatic rings. The van der Waals surface area contributed by atoms with E-state index in [1.807, 2.05) is 18.5 Å². The zero-order valence-corrected chi connectivity index (χ0v) is 7.99. The Kier molecular flexibility index (Phi) is 1.71. The van der Waals surface area contributed by atoms with E-state index in [2.05, 4.69) is 25.2 Å². The zero-order chi connectivity index (χ0) is 9.47. The first-order chi connectivity index (χ1) is 6.15. The minimum absolute atomic E-state index is 0.556. The third-order valence-electron chi connectivity index (χ3n) is 2.41. The van der Waals surface area contributed by atoms with Crippen LogP contribution in [0, 0.1) is 0 Å². The van der Waals surface area contributed by atoms with Crippen molar-refractivity contribution in [2.45, 2.75) is 6.54 Å². The summed E-state index contributed by atoms with van der Waals surface area (Å²) in [4.78, 5) is 4.39. The lowest BCUT2D eigenvalue weighted by molar-refractivity contribution is 0.625. The standard InChI is InChI=1S/C10H14N3/c1-13(2)7-12-10-8(6-11)4-3-5-9(10)13/h3-5,7H,6,11H2,1-2H3/q+1. The molecule has 2 N–H and O–H groups in total. The normalized spacial score (nSPS) is 17.5. The molecule has 0 saturated heterocycles. The number of nitrogens with two attached hydrogens (primary N) is 1. The molecule has 3 nitrogen and oxygen atoms in total. The van der Waals surface area contributed by atoms with Crippen LogP contribution in [-0.2, 0) is 6.54 Å². The summed E-state index contributed by atoms with van der Waals surface area (Å²) in [5, 5.41) is 0. The van der Waals surface area contributed by atoms with E-state index in [1.54, 1.807) is 0 Å². The number of nitrogens with zero attached hydrogens (tertiary/aromatic N) is 2. The summed E-state index contributed by atoms with van der Waals surface area (Å²) in [6, 6.07) is 6.17. The van der Waals surface area contributed by atoms with E-state index in [4.69, 9.17) is 5.73 Å². The second-order valence-corrected chi connectivity index (χ2v) is 3.77. The topological polar surface area (TPSA) is 38.4 Å². The maximum absolute atomic E-state index is 5.63. The molecular weight excluding hydrogens is 162 g/mol. The smallest absolute Gasteiger partial charge is 0.195 e. The van der Waals surface area contributed by atoms with Gasteiger partial charge in [-0.15, -0.1) is 0 Å². The lowest BCUT2D eigenvalue weighted by atomic mass is 10.1. The number of hydrogen-bond acceptors (Lipinski definition) is 2. The van der Waals surface area contributed by atoms with Crippen molar-refractivity contribution in [3.8, 4) is 0 Å². The molecule has 1 aliphatic rings. The average molecular weight is 176 g/mol. The molecular formula is C10H14N3+. The molecule has 13 heavy (non-hydrogen) atoms. The third-order valence-corrected chi connectivity index (χ3v) is 2.41. The van der Waals surface area contributed by atoms with E-state index in [9.17, 15) is 0 Å². The fourth-order valence-electron chi connectivity index (χ4n) is 1.62. The van der Waals surface area contributed by atoms with Gasteiger partial charge in [0.15, 0.2) is 12.0 Å². The van der Waals surface area contributed by atoms with Crippen molar-refractivity contribution in [1.82, 2.24) is 4.48 Å². The number of fused-ring (bicyclic) bond motifs is 1. The van der Waals surface area contributed by atoms with Gasteiger partial charge in [-0.3, -0.25) is 4.48 Å². The summed E-state index contributed by atoms with van der Waals surface area (Å²) in [7, 11) is 4.21. The minimum atomic E-state index is 0.556. The molecule has 0 unspecified atom stereocenters. The van der Waals surface area contributed by atoms with Gasteiger partial charge in [-0.1, -0.05) is 12.1 Å². The quantitative estimate of drug-likeness (QED) is 0.645. The highest BCUT2D eigenvalue weighted by atomic mass is 15.4. The van der Waals surface area contributed by atoms with Crippen LogP contribution in [0.2, 0.25) is 0 Å². The number of quaternary nitrogens is 1. The van der Waals surface area contributed by atoms with Crippen LogP contribution in [0.3, 0.4) is 0 Å². The van der Waals surface area contributed by atoms with Crippen LogP contribution in [0.4, 0.5) is 11.4 Å².